The van der Waals surface area contributed by atoms with Crippen LogP contribution in [0, 0.1) is 26.1 Å². The number of nitrogens with zero attached hydrogens (tertiary/aromatic N) is 4. The molecule has 0 bridgehead atoms. The summed E-state index contributed by atoms with van der Waals surface area (Å²) >= 11 is 6.00. The van der Waals surface area contributed by atoms with Crippen LogP contribution < -0.4 is 9.96 Å². The first-order valence-electron chi connectivity index (χ1n) is 10.3. The summed E-state index contributed by atoms with van der Waals surface area (Å²) in [5, 5.41) is 24.2. The SMILES string of the molecule is O=C1[C@@H]2[C@@H](c3ccc([N+](=O)[O-])cc3)N(c3ccc(Cl)cc3)O[C@H]2C(=O)N1c1cccc([N+](=O)[O-])c1. The molecule has 35 heavy (non-hydrogen) atoms. The van der Waals surface area contributed by atoms with Gasteiger partial charge in [-0.3, -0.25) is 34.7 Å². The first-order valence-corrected chi connectivity index (χ1v) is 10.7. The highest BCUT2D eigenvalue weighted by atomic mass is 35.5. The minimum Gasteiger partial charge on any atom is -0.273 e. The van der Waals surface area contributed by atoms with Gasteiger partial charge in [-0.05, 0) is 35.9 Å². The summed E-state index contributed by atoms with van der Waals surface area (Å²) in [6, 6.07) is 16.6. The molecule has 0 spiro atoms. The number of nitro benzene ring substituents is 2. The number of carbonyl (C=O) groups excluding carboxylic acids is 2. The molecule has 0 unspecified atom stereocenters. The second kappa shape index (κ2) is 8.46. The van der Waals surface area contributed by atoms with Crippen molar-refractivity contribution in [2.24, 2.45) is 5.92 Å². The van der Waals surface area contributed by atoms with Crippen molar-refractivity contribution >= 4 is 46.2 Å². The fraction of sp³-hybridized carbons (Fsp3) is 0.130. The van der Waals surface area contributed by atoms with Crippen molar-refractivity contribution in [3.05, 3.63) is 104 Å². The third kappa shape index (κ3) is 3.76. The first kappa shape index (κ1) is 22.4. The van der Waals surface area contributed by atoms with E-state index in [9.17, 15) is 29.8 Å². The topological polar surface area (TPSA) is 136 Å². The summed E-state index contributed by atoms with van der Waals surface area (Å²) in [6.07, 6.45) is -1.20. The average molecular weight is 495 g/mol. The predicted molar refractivity (Wildman–Crippen MR) is 124 cm³/mol. The van der Waals surface area contributed by atoms with Crippen LogP contribution in [-0.4, -0.2) is 27.8 Å². The van der Waals surface area contributed by atoms with Gasteiger partial charge in [-0.25, -0.2) is 9.96 Å². The smallest absolute Gasteiger partial charge is 0.271 e. The highest BCUT2D eigenvalue weighted by Gasteiger charge is 2.60. The lowest BCUT2D eigenvalue weighted by atomic mass is 9.90. The number of hydrogen-bond acceptors (Lipinski definition) is 8. The van der Waals surface area contributed by atoms with E-state index in [1.165, 1.54) is 47.5 Å². The van der Waals surface area contributed by atoms with E-state index >= 15 is 0 Å². The van der Waals surface area contributed by atoms with Crippen LogP contribution in [-0.2, 0) is 14.4 Å². The molecule has 12 heteroatoms. The van der Waals surface area contributed by atoms with Crippen molar-refractivity contribution < 1.29 is 24.3 Å². The van der Waals surface area contributed by atoms with E-state index in [0.717, 1.165) is 11.0 Å². The van der Waals surface area contributed by atoms with Gasteiger partial charge < -0.3 is 0 Å². The normalized spacial score (nSPS) is 21.3. The minimum atomic E-state index is -1.20. The molecule has 0 aliphatic carbocycles. The van der Waals surface area contributed by atoms with Gasteiger partial charge in [0.25, 0.3) is 17.3 Å². The van der Waals surface area contributed by atoms with Gasteiger partial charge in [0.1, 0.15) is 5.92 Å². The van der Waals surface area contributed by atoms with Gasteiger partial charge in [0.15, 0.2) is 6.10 Å². The predicted octanol–water partition coefficient (Wildman–Crippen LogP) is 4.21. The average Bonchev–Trinajstić information content (AvgIpc) is 3.35. The maximum Gasteiger partial charge on any atom is 0.271 e. The second-order valence-corrected chi connectivity index (χ2v) is 8.37. The van der Waals surface area contributed by atoms with Gasteiger partial charge in [-0.1, -0.05) is 29.8 Å². The number of hydroxylamine groups is 1. The number of amides is 2. The van der Waals surface area contributed by atoms with Crippen LogP contribution in [0.4, 0.5) is 22.7 Å². The number of halogens is 1. The minimum absolute atomic E-state index is 0.0627. The molecule has 2 aliphatic heterocycles. The molecule has 2 saturated heterocycles. The third-order valence-corrected chi connectivity index (χ3v) is 6.19. The fourth-order valence-corrected chi connectivity index (χ4v) is 4.48. The van der Waals surface area contributed by atoms with Crippen LogP contribution in [0.1, 0.15) is 11.6 Å². The van der Waals surface area contributed by atoms with E-state index in [1.54, 1.807) is 24.3 Å². The quantitative estimate of drug-likeness (QED) is 0.292. The number of anilines is 2. The number of benzene rings is 3. The molecule has 3 aromatic rings. The van der Waals surface area contributed by atoms with Crippen LogP contribution in [0.5, 0.6) is 0 Å². The molecule has 2 aliphatic rings. The standard InChI is InChI=1S/C23H15ClN4O7/c24-14-6-10-15(11-7-14)26-20(13-4-8-16(9-5-13)27(31)32)19-21(35-26)23(30)25(22(19)29)17-2-1-3-18(12-17)28(33)34/h1-12,19-21H/t19-,20-,21-/m1/s1. The second-order valence-electron chi connectivity index (χ2n) is 7.94. The van der Waals surface area contributed by atoms with E-state index < -0.39 is 39.7 Å². The van der Waals surface area contributed by atoms with Gasteiger partial charge in [-0.15, -0.1) is 0 Å². The lowest BCUT2D eigenvalue weighted by Crippen LogP contribution is -2.37. The molecule has 0 saturated carbocycles. The van der Waals surface area contributed by atoms with E-state index in [0.29, 0.717) is 16.3 Å². The third-order valence-electron chi connectivity index (χ3n) is 5.94. The zero-order valence-corrected chi connectivity index (χ0v) is 18.4. The Morgan fingerprint density at radius 2 is 1.46 bits per heavy atom. The van der Waals surface area contributed by atoms with Gasteiger partial charge in [0.2, 0.25) is 5.91 Å². The number of nitro groups is 2. The van der Waals surface area contributed by atoms with Crippen molar-refractivity contribution in [2.75, 3.05) is 9.96 Å². The molecule has 0 N–H and O–H groups in total. The molecule has 11 nitrogen and oxygen atoms in total. The molecule has 2 fully saturated rings. The van der Waals surface area contributed by atoms with Crippen LogP contribution in [0.15, 0.2) is 72.8 Å². The summed E-state index contributed by atoms with van der Waals surface area (Å²) in [6.45, 7) is 0. The van der Waals surface area contributed by atoms with E-state index in [4.69, 9.17) is 16.4 Å². The Kier molecular flexibility index (Phi) is 5.42. The molecular formula is C23H15ClN4O7. The molecule has 0 aromatic heterocycles. The molecular weight excluding hydrogens is 480 g/mol. The fourth-order valence-electron chi connectivity index (χ4n) is 4.36. The highest BCUT2D eigenvalue weighted by Crippen LogP contribution is 2.48. The largest absolute Gasteiger partial charge is 0.273 e. The van der Waals surface area contributed by atoms with Gasteiger partial charge in [0, 0.05) is 29.3 Å². The lowest BCUT2D eigenvalue weighted by Gasteiger charge is -2.28. The van der Waals surface area contributed by atoms with Gasteiger partial charge in [-0.2, -0.15) is 0 Å². The molecule has 5 rings (SSSR count). The zero-order valence-electron chi connectivity index (χ0n) is 17.7. The number of carbonyl (C=O) groups is 2. The molecule has 2 amide bonds. The Labute approximate surface area is 202 Å². The van der Waals surface area contributed by atoms with Crippen molar-refractivity contribution in [1.82, 2.24) is 0 Å². The van der Waals surface area contributed by atoms with E-state index in [2.05, 4.69) is 0 Å². The van der Waals surface area contributed by atoms with E-state index in [1.807, 2.05) is 0 Å². The van der Waals surface area contributed by atoms with Gasteiger partial charge >= 0.3 is 0 Å². The van der Waals surface area contributed by atoms with Crippen molar-refractivity contribution in [3.63, 3.8) is 0 Å². The summed E-state index contributed by atoms with van der Waals surface area (Å²) in [5.74, 6) is -2.26. The molecule has 176 valence electrons. The maximum atomic E-state index is 13.6. The Morgan fingerprint density at radius 3 is 2.09 bits per heavy atom. The number of rotatable bonds is 5. The summed E-state index contributed by atoms with van der Waals surface area (Å²) < 4.78 is 0. The molecule has 0 radical (unpaired) electrons. The Balaban J connectivity index is 1.57. The summed E-state index contributed by atoms with van der Waals surface area (Å²) in [7, 11) is 0. The Hall–Kier alpha value is -4.35. The molecule has 3 aromatic carbocycles. The van der Waals surface area contributed by atoms with Crippen LogP contribution in [0.3, 0.4) is 0 Å². The summed E-state index contributed by atoms with van der Waals surface area (Å²) in [4.78, 5) is 54.9. The van der Waals surface area contributed by atoms with Crippen LogP contribution in [0.2, 0.25) is 5.02 Å². The van der Waals surface area contributed by atoms with Gasteiger partial charge in [0.05, 0.1) is 27.3 Å². The maximum absolute atomic E-state index is 13.6. The number of hydrogen-bond donors (Lipinski definition) is 0. The lowest BCUT2D eigenvalue weighted by molar-refractivity contribution is -0.385. The van der Waals surface area contributed by atoms with Crippen molar-refractivity contribution in [2.45, 2.75) is 12.1 Å². The number of non-ortho nitro benzene ring substituents is 2. The first-order chi connectivity index (χ1) is 16.8. The number of fused-ring (bicyclic) bond motifs is 1. The monoisotopic (exact) mass is 494 g/mol. The molecule has 2 heterocycles. The zero-order chi connectivity index (χ0) is 24.9. The Morgan fingerprint density at radius 1 is 0.800 bits per heavy atom. The summed E-state index contributed by atoms with van der Waals surface area (Å²) in [5.41, 5.74) is 0.701. The molecule has 3 atom stereocenters. The van der Waals surface area contributed by atoms with Crippen LogP contribution in [0.25, 0.3) is 0 Å². The van der Waals surface area contributed by atoms with Crippen molar-refractivity contribution in [3.8, 4) is 0 Å². The van der Waals surface area contributed by atoms with E-state index in [-0.39, 0.29) is 17.1 Å². The van der Waals surface area contributed by atoms with Crippen molar-refractivity contribution in [1.29, 1.82) is 0 Å². The highest BCUT2D eigenvalue weighted by molar-refractivity contribution is 6.30. The Bertz CT molecular complexity index is 1360. The number of imide groups is 1. The van der Waals surface area contributed by atoms with Crippen LogP contribution >= 0.6 is 11.6 Å².